The fourth-order valence-electron chi connectivity index (χ4n) is 2.42. The number of nitrogens with zero attached hydrogens (tertiary/aromatic N) is 1. The van der Waals surface area contributed by atoms with Gasteiger partial charge in [-0.25, -0.2) is 0 Å². The first-order chi connectivity index (χ1) is 10.3. The second-order valence-corrected chi connectivity index (χ2v) is 4.97. The molecular weight excluding hydrogens is 264 g/mol. The number of nitriles is 1. The summed E-state index contributed by atoms with van der Waals surface area (Å²) in [7, 11) is 0. The van der Waals surface area contributed by atoms with Crippen molar-refractivity contribution in [1.29, 1.82) is 5.26 Å². The highest BCUT2D eigenvalue weighted by atomic mass is 16.5. The maximum absolute atomic E-state index is 12.3. The minimum atomic E-state index is -0.244. The van der Waals surface area contributed by atoms with E-state index in [1.54, 1.807) is 24.3 Å². The van der Waals surface area contributed by atoms with Crippen LogP contribution in [0.1, 0.15) is 11.1 Å². The van der Waals surface area contributed by atoms with E-state index in [0.717, 1.165) is 11.3 Å². The van der Waals surface area contributed by atoms with Crippen LogP contribution >= 0.6 is 0 Å². The number of hydrogen-bond acceptors (Lipinski definition) is 3. The van der Waals surface area contributed by atoms with Gasteiger partial charge in [0.05, 0.1) is 17.2 Å². The van der Waals surface area contributed by atoms with E-state index in [2.05, 4.69) is 11.4 Å². The van der Waals surface area contributed by atoms with Crippen molar-refractivity contribution in [2.75, 3.05) is 11.9 Å². The summed E-state index contributed by atoms with van der Waals surface area (Å²) in [5.41, 5.74) is 2.05. The van der Waals surface area contributed by atoms with Crippen LogP contribution in [0.2, 0.25) is 0 Å². The Bertz CT molecular complexity index is 719. The van der Waals surface area contributed by atoms with Gasteiger partial charge in [0.15, 0.2) is 0 Å². The smallest absolute Gasteiger partial charge is 0.231 e. The molecule has 4 heteroatoms. The Hall–Kier alpha value is -2.80. The number of amides is 1. The van der Waals surface area contributed by atoms with Crippen molar-refractivity contribution in [2.45, 2.75) is 6.42 Å². The lowest BCUT2D eigenvalue weighted by Gasteiger charge is -2.24. The van der Waals surface area contributed by atoms with E-state index in [9.17, 15) is 4.79 Å². The Morgan fingerprint density at radius 2 is 1.95 bits per heavy atom. The molecule has 1 aliphatic heterocycles. The van der Waals surface area contributed by atoms with E-state index in [1.165, 1.54) is 0 Å². The zero-order valence-electron chi connectivity index (χ0n) is 11.4. The SMILES string of the molecule is N#Cc1ccccc1NC(=O)C1COc2ccccc2C1. The Morgan fingerprint density at radius 3 is 2.81 bits per heavy atom. The maximum atomic E-state index is 12.3. The van der Waals surface area contributed by atoms with Gasteiger partial charge in [-0.3, -0.25) is 4.79 Å². The third kappa shape index (κ3) is 2.72. The molecule has 0 radical (unpaired) electrons. The highest BCUT2D eigenvalue weighted by Crippen LogP contribution is 2.27. The van der Waals surface area contributed by atoms with Crippen LogP contribution < -0.4 is 10.1 Å². The summed E-state index contributed by atoms with van der Waals surface area (Å²) in [5, 5.41) is 11.9. The van der Waals surface area contributed by atoms with E-state index < -0.39 is 0 Å². The maximum Gasteiger partial charge on any atom is 0.231 e. The quantitative estimate of drug-likeness (QED) is 0.918. The second kappa shape index (κ2) is 5.68. The zero-order valence-corrected chi connectivity index (χ0v) is 11.4. The van der Waals surface area contributed by atoms with Crippen LogP contribution in [-0.4, -0.2) is 12.5 Å². The molecule has 0 aliphatic carbocycles. The van der Waals surface area contributed by atoms with Crippen LogP contribution in [0.4, 0.5) is 5.69 Å². The largest absolute Gasteiger partial charge is 0.492 e. The summed E-state index contributed by atoms with van der Waals surface area (Å²) in [6, 6.07) is 16.8. The van der Waals surface area contributed by atoms with E-state index >= 15 is 0 Å². The van der Waals surface area contributed by atoms with Crippen molar-refractivity contribution in [3.63, 3.8) is 0 Å². The van der Waals surface area contributed by atoms with E-state index in [4.69, 9.17) is 10.00 Å². The lowest BCUT2D eigenvalue weighted by molar-refractivity contribution is -0.121. The Balaban J connectivity index is 1.74. The van der Waals surface area contributed by atoms with Crippen molar-refractivity contribution in [2.24, 2.45) is 5.92 Å². The number of hydrogen-bond donors (Lipinski definition) is 1. The van der Waals surface area contributed by atoms with Crippen LogP contribution in [0, 0.1) is 17.2 Å². The van der Waals surface area contributed by atoms with Gasteiger partial charge >= 0.3 is 0 Å². The molecule has 3 rings (SSSR count). The lowest BCUT2D eigenvalue weighted by atomic mass is 9.96. The molecule has 1 unspecified atom stereocenters. The molecule has 21 heavy (non-hydrogen) atoms. The second-order valence-electron chi connectivity index (χ2n) is 4.97. The monoisotopic (exact) mass is 278 g/mol. The molecule has 2 aromatic rings. The molecule has 4 nitrogen and oxygen atoms in total. The summed E-state index contributed by atoms with van der Waals surface area (Å²) in [6.45, 7) is 0.359. The third-order valence-corrected chi connectivity index (χ3v) is 3.56. The number of carbonyl (C=O) groups is 1. The lowest BCUT2D eigenvalue weighted by Crippen LogP contribution is -2.32. The van der Waals surface area contributed by atoms with E-state index in [0.29, 0.717) is 24.3 Å². The minimum Gasteiger partial charge on any atom is -0.492 e. The van der Waals surface area contributed by atoms with Gasteiger partial charge in [0.1, 0.15) is 18.4 Å². The predicted molar refractivity (Wildman–Crippen MR) is 78.9 cm³/mol. The molecule has 1 heterocycles. The number of para-hydroxylation sites is 2. The fourth-order valence-corrected chi connectivity index (χ4v) is 2.42. The number of ether oxygens (including phenoxy) is 1. The van der Waals surface area contributed by atoms with Crippen LogP contribution in [0.15, 0.2) is 48.5 Å². The summed E-state index contributed by atoms with van der Waals surface area (Å²) < 4.78 is 5.63. The molecule has 1 amide bonds. The first-order valence-electron chi connectivity index (χ1n) is 6.78. The first kappa shape index (κ1) is 13.2. The van der Waals surface area contributed by atoms with E-state index in [-0.39, 0.29) is 11.8 Å². The van der Waals surface area contributed by atoms with Crippen molar-refractivity contribution >= 4 is 11.6 Å². The summed E-state index contributed by atoms with van der Waals surface area (Å²) in [5.74, 6) is 0.484. The molecule has 1 N–H and O–H groups in total. The number of nitrogens with one attached hydrogen (secondary N) is 1. The van der Waals surface area contributed by atoms with Gasteiger partial charge in [-0.15, -0.1) is 0 Å². The van der Waals surface area contributed by atoms with Gasteiger partial charge in [0, 0.05) is 0 Å². The Labute approximate surface area is 123 Å². The van der Waals surface area contributed by atoms with Crippen LogP contribution in [-0.2, 0) is 11.2 Å². The zero-order chi connectivity index (χ0) is 14.7. The number of carbonyl (C=O) groups excluding carboxylic acids is 1. The van der Waals surface area contributed by atoms with Gasteiger partial charge < -0.3 is 10.1 Å². The molecule has 0 saturated carbocycles. The summed E-state index contributed by atoms with van der Waals surface area (Å²) in [6.07, 6.45) is 0.650. The molecule has 0 spiro atoms. The van der Waals surface area contributed by atoms with Gasteiger partial charge in [-0.2, -0.15) is 5.26 Å². The molecular formula is C17H14N2O2. The summed E-state index contributed by atoms with van der Waals surface area (Å²) in [4.78, 5) is 12.3. The Morgan fingerprint density at radius 1 is 1.19 bits per heavy atom. The van der Waals surface area contributed by atoms with E-state index in [1.807, 2.05) is 24.3 Å². The molecule has 0 saturated heterocycles. The van der Waals surface area contributed by atoms with Gasteiger partial charge in [0.2, 0.25) is 5.91 Å². The minimum absolute atomic E-state index is 0.118. The highest BCUT2D eigenvalue weighted by Gasteiger charge is 2.26. The molecule has 0 fully saturated rings. The first-order valence-corrected chi connectivity index (χ1v) is 6.78. The number of fused-ring (bicyclic) bond motifs is 1. The predicted octanol–water partition coefficient (Wildman–Crippen LogP) is 2.75. The Kier molecular flexibility index (Phi) is 3.57. The molecule has 2 aromatic carbocycles. The van der Waals surface area contributed by atoms with Crippen LogP contribution in [0.25, 0.3) is 0 Å². The van der Waals surface area contributed by atoms with Crippen molar-refractivity contribution < 1.29 is 9.53 Å². The fraction of sp³-hybridized carbons (Fsp3) is 0.176. The van der Waals surface area contributed by atoms with Crippen molar-refractivity contribution in [1.82, 2.24) is 0 Å². The number of anilines is 1. The molecule has 104 valence electrons. The standard InChI is InChI=1S/C17H14N2O2/c18-10-13-6-1-3-7-15(13)19-17(20)14-9-12-5-2-4-8-16(12)21-11-14/h1-8,14H,9,11H2,(H,19,20). The third-order valence-electron chi connectivity index (χ3n) is 3.56. The topological polar surface area (TPSA) is 62.1 Å². The number of benzene rings is 2. The normalized spacial score (nSPS) is 16.2. The van der Waals surface area contributed by atoms with Crippen molar-refractivity contribution in [3.05, 3.63) is 59.7 Å². The molecule has 0 aromatic heterocycles. The van der Waals surface area contributed by atoms with Gasteiger partial charge in [-0.05, 0) is 30.2 Å². The van der Waals surface area contributed by atoms with Crippen LogP contribution in [0.3, 0.4) is 0 Å². The molecule has 0 bridgehead atoms. The average molecular weight is 278 g/mol. The van der Waals surface area contributed by atoms with Gasteiger partial charge in [0.25, 0.3) is 0 Å². The summed E-state index contributed by atoms with van der Waals surface area (Å²) >= 11 is 0. The molecule has 1 atom stereocenters. The van der Waals surface area contributed by atoms with Crippen LogP contribution in [0.5, 0.6) is 5.75 Å². The van der Waals surface area contributed by atoms with Gasteiger partial charge in [-0.1, -0.05) is 30.3 Å². The molecule has 1 aliphatic rings. The highest BCUT2D eigenvalue weighted by molar-refractivity contribution is 5.94. The van der Waals surface area contributed by atoms with Crippen molar-refractivity contribution in [3.8, 4) is 11.8 Å². The number of rotatable bonds is 2. The average Bonchev–Trinajstić information content (AvgIpc) is 2.55.